The van der Waals surface area contributed by atoms with Crippen LogP contribution in [0, 0.1) is 29.6 Å². The highest BCUT2D eigenvalue weighted by Gasteiger charge is 2.32. The molecule has 0 heterocycles. The second-order valence-electron chi connectivity index (χ2n) is 9.01. The lowest BCUT2D eigenvalue weighted by Crippen LogP contribution is -2.39. The Labute approximate surface area is 157 Å². The zero-order valence-electron chi connectivity index (χ0n) is 17.9. The van der Waals surface area contributed by atoms with Gasteiger partial charge in [-0.25, -0.2) is 0 Å². The predicted molar refractivity (Wildman–Crippen MR) is 110 cm³/mol. The van der Waals surface area contributed by atoms with Crippen molar-refractivity contribution in [2.24, 2.45) is 29.6 Å². The van der Waals surface area contributed by atoms with Crippen molar-refractivity contribution < 1.29 is 4.79 Å². The molecule has 2 rings (SSSR count). The Kier molecular flexibility index (Phi) is 10.8. The molecular weight excluding hydrogens is 306 g/mol. The standard InChI is InChI=1S/C21H39NO.C2H6/c1-15(2)5-8-17(4)22-21(23)20-13-11-19(12-14-20)18-9-6-16(3)7-10-18;1-2/h15-20H,5-14H2,1-4H3,(H,22,23);1-2H3. The zero-order valence-corrected chi connectivity index (χ0v) is 17.9. The van der Waals surface area contributed by atoms with Crippen LogP contribution in [0.2, 0.25) is 0 Å². The molecule has 0 aromatic carbocycles. The van der Waals surface area contributed by atoms with Gasteiger partial charge in [-0.05, 0) is 82.0 Å². The molecule has 1 atom stereocenters. The topological polar surface area (TPSA) is 29.1 Å². The average molecular weight is 352 g/mol. The Balaban J connectivity index is 0.00000151. The molecule has 0 radical (unpaired) electrons. The minimum Gasteiger partial charge on any atom is -0.353 e. The summed E-state index contributed by atoms with van der Waals surface area (Å²) in [5.74, 6) is 4.15. The summed E-state index contributed by atoms with van der Waals surface area (Å²) in [5.41, 5.74) is 0. The van der Waals surface area contributed by atoms with Gasteiger partial charge in [0.15, 0.2) is 0 Å². The van der Waals surface area contributed by atoms with E-state index < -0.39 is 0 Å². The maximum absolute atomic E-state index is 12.5. The summed E-state index contributed by atoms with van der Waals surface area (Å²) in [4.78, 5) is 12.5. The number of carbonyl (C=O) groups is 1. The van der Waals surface area contributed by atoms with E-state index in [1.807, 2.05) is 13.8 Å². The number of amides is 1. The second kappa shape index (κ2) is 12.0. The molecule has 2 heteroatoms. The third-order valence-electron chi connectivity index (χ3n) is 6.44. The highest BCUT2D eigenvalue weighted by molar-refractivity contribution is 5.78. The highest BCUT2D eigenvalue weighted by atomic mass is 16.1. The summed E-state index contributed by atoms with van der Waals surface area (Å²) in [6.07, 6.45) is 12.9. The fourth-order valence-corrected chi connectivity index (χ4v) is 4.63. The molecule has 1 unspecified atom stereocenters. The summed E-state index contributed by atoms with van der Waals surface area (Å²) >= 11 is 0. The maximum atomic E-state index is 12.5. The third kappa shape index (κ3) is 8.13. The first-order valence-electron chi connectivity index (χ1n) is 11.3. The molecule has 1 amide bonds. The first kappa shape index (κ1) is 22.5. The maximum Gasteiger partial charge on any atom is 0.223 e. The minimum absolute atomic E-state index is 0.287. The predicted octanol–water partition coefficient (Wildman–Crippen LogP) is 6.59. The summed E-state index contributed by atoms with van der Waals surface area (Å²) in [7, 11) is 0. The van der Waals surface area contributed by atoms with E-state index in [1.54, 1.807) is 0 Å². The van der Waals surface area contributed by atoms with Gasteiger partial charge < -0.3 is 5.32 Å². The van der Waals surface area contributed by atoms with Crippen molar-refractivity contribution in [3.63, 3.8) is 0 Å². The van der Waals surface area contributed by atoms with Crippen molar-refractivity contribution in [1.82, 2.24) is 5.32 Å². The van der Waals surface area contributed by atoms with E-state index in [2.05, 4.69) is 33.0 Å². The van der Waals surface area contributed by atoms with E-state index in [0.29, 0.717) is 11.9 Å². The Morgan fingerprint density at radius 2 is 1.32 bits per heavy atom. The van der Waals surface area contributed by atoms with Crippen LogP contribution in [0.25, 0.3) is 0 Å². The minimum atomic E-state index is 0.287. The SMILES string of the molecule is CC.CC(C)CCC(C)NC(=O)C1CCC(C2CCC(C)CC2)CC1. The fourth-order valence-electron chi connectivity index (χ4n) is 4.63. The number of hydrogen-bond donors (Lipinski definition) is 1. The molecule has 148 valence electrons. The average Bonchev–Trinajstić information content (AvgIpc) is 2.62. The van der Waals surface area contributed by atoms with E-state index in [0.717, 1.165) is 42.9 Å². The number of rotatable bonds is 6. The number of hydrogen-bond acceptors (Lipinski definition) is 1. The van der Waals surface area contributed by atoms with Gasteiger partial charge in [-0.3, -0.25) is 4.79 Å². The lowest BCUT2D eigenvalue weighted by molar-refractivity contribution is -0.127. The van der Waals surface area contributed by atoms with Crippen molar-refractivity contribution in [2.75, 3.05) is 0 Å². The highest BCUT2D eigenvalue weighted by Crippen LogP contribution is 2.41. The summed E-state index contributed by atoms with van der Waals surface area (Å²) < 4.78 is 0. The van der Waals surface area contributed by atoms with E-state index in [4.69, 9.17) is 0 Å². The largest absolute Gasteiger partial charge is 0.353 e. The molecule has 0 saturated heterocycles. The molecule has 25 heavy (non-hydrogen) atoms. The van der Waals surface area contributed by atoms with Crippen molar-refractivity contribution in [3.8, 4) is 0 Å². The first-order chi connectivity index (χ1) is 12.0. The Morgan fingerprint density at radius 1 is 0.840 bits per heavy atom. The molecular formula is C23H45NO. The van der Waals surface area contributed by atoms with Gasteiger partial charge in [-0.15, -0.1) is 0 Å². The first-order valence-corrected chi connectivity index (χ1v) is 11.3. The molecule has 0 aliphatic heterocycles. The lowest BCUT2D eigenvalue weighted by Gasteiger charge is -2.37. The Hall–Kier alpha value is -0.530. The molecule has 0 bridgehead atoms. The van der Waals surface area contributed by atoms with Crippen LogP contribution in [0.1, 0.15) is 106 Å². The molecule has 2 nitrogen and oxygen atoms in total. The van der Waals surface area contributed by atoms with E-state index in [-0.39, 0.29) is 5.92 Å². The van der Waals surface area contributed by atoms with Gasteiger partial charge >= 0.3 is 0 Å². The van der Waals surface area contributed by atoms with Crippen LogP contribution in [-0.4, -0.2) is 11.9 Å². The lowest BCUT2D eigenvalue weighted by atomic mass is 9.69. The zero-order chi connectivity index (χ0) is 18.8. The summed E-state index contributed by atoms with van der Waals surface area (Å²) in [6, 6.07) is 0.336. The van der Waals surface area contributed by atoms with Gasteiger partial charge in [0, 0.05) is 12.0 Å². The Bertz CT molecular complexity index is 349. The van der Waals surface area contributed by atoms with Gasteiger partial charge in [0.2, 0.25) is 5.91 Å². The van der Waals surface area contributed by atoms with Crippen LogP contribution < -0.4 is 5.32 Å². The third-order valence-corrected chi connectivity index (χ3v) is 6.44. The van der Waals surface area contributed by atoms with Gasteiger partial charge in [-0.1, -0.05) is 47.5 Å². The van der Waals surface area contributed by atoms with Crippen molar-refractivity contribution in [3.05, 3.63) is 0 Å². The smallest absolute Gasteiger partial charge is 0.223 e. The van der Waals surface area contributed by atoms with Crippen molar-refractivity contribution in [2.45, 2.75) is 112 Å². The van der Waals surface area contributed by atoms with Crippen LogP contribution in [0.15, 0.2) is 0 Å². The van der Waals surface area contributed by atoms with Gasteiger partial charge in [0.25, 0.3) is 0 Å². The monoisotopic (exact) mass is 351 g/mol. The van der Waals surface area contributed by atoms with Crippen LogP contribution in [0.3, 0.4) is 0 Å². The summed E-state index contributed by atoms with van der Waals surface area (Å²) in [5, 5.41) is 3.27. The molecule has 2 aliphatic carbocycles. The van der Waals surface area contributed by atoms with E-state index >= 15 is 0 Å². The quantitative estimate of drug-likeness (QED) is 0.575. The summed E-state index contributed by atoms with van der Waals surface area (Å²) in [6.45, 7) is 13.1. The molecule has 2 saturated carbocycles. The second-order valence-corrected chi connectivity index (χ2v) is 9.01. The molecule has 1 N–H and O–H groups in total. The van der Waals surface area contributed by atoms with Crippen LogP contribution in [0.4, 0.5) is 0 Å². The van der Waals surface area contributed by atoms with Crippen LogP contribution in [-0.2, 0) is 4.79 Å². The molecule has 2 fully saturated rings. The van der Waals surface area contributed by atoms with Crippen molar-refractivity contribution >= 4 is 5.91 Å². The van der Waals surface area contributed by atoms with E-state index in [9.17, 15) is 4.79 Å². The normalized spacial score (nSPS) is 31.0. The fraction of sp³-hybridized carbons (Fsp3) is 0.957. The van der Waals surface area contributed by atoms with Crippen LogP contribution in [0.5, 0.6) is 0 Å². The van der Waals surface area contributed by atoms with Gasteiger partial charge in [-0.2, -0.15) is 0 Å². The van der Waals surface area contributed by atoms with Crippen molar-refractivity contribution in [1.29, 1.82) is 0 Å². The molecule has 0 aromatic heterocycles. The van der Waals surface area contributed by atoms with Gasteiger partial charge in [0.1, 0.15) is 0 Å². The molecule has 0 spiro atoms. The Morgan fingerprint density at radius 3 is 1.80 bits per heavy atom. The molecule has 2 aliphatic rings. The van der Waals surface area contributed by atoms with Gasteiger partial charge in [0.05, 0.1) is 0 Å². The molecule has 0 aromatic rings. The van der Waals surface area contributed by atoms with E-state index in [1.165, 1.54) is 44.9 Å². The number of nitrogens with one attached hydrogen (secondary N) is 1. The van der Waals surface area contributed by atoms with Crippen LogP contribution >= 0.6 is 0 Å². The number of carbonyl (C=O) groups excluding carboxylic acids is 1.